The second-order valence-corrected chi connectivity index (χ2v) is 6.30. The maximum Gasteiger partial charge on any atom is 0.251 e. The second-order valence-electron chi connectivity index (χ2n) is 6.30. The number of hydrogen-bond donors (Lipinski definition) is 1. The van der Waals surface area contributed by atoms with E-state index in [4.69, 9.17) is 10.00 Å². The lowest BCUT2D eigenvalue weighted by Gasteiger charge is -2.42. The minimum atomic E-state index is -0.903. The summed E-state index contributed by atoms with van der Waals surface area (Å²) in [6, 6.07) is 11.8. The van der Waals surface area contributed by atoms with Crippen molar-refractivity contribution >= 4 is 6.08 Å². The number of nitriles is 1. The molecule has 1 aromatic heterocycles. The molecule has 1 aromatic carbocycles. The summed E-state index contributed by atoms with van der Waals surface area (Å²) in [6.45, 7) is 3.59. The van der Waals surface area contributed by atoms with Crippen molar-refractivity contribution in [3.63, 3.8) is 0 Å². The van der Waals surface area contributed by atoms with E-state index in [1.165, 1.54) is 16.7 Å². The van der Waals surface area contributed by atoms with E-state index >= 15 is 0 Å². The zero-order valence-electron chi connectivity index (χ0n) is 13.5. The fourth-order valence-corrected chi connectivity index (χ4v) is 2.99. The average molecular weight is 322 g/mol. The van der Waals surface area contributed by atoms with Gasteiger partial charge in [0.1, 0.15) is 17.5 Å². The highest BCUT2D eigenvalue weighted by atomic mass is 16.5. The van der Waals surface area contributed by atoms with Crippen molar-refractivity contribution in [2.45, 2.75) is 31.6 Å². The van der Waals surface area contributed by atoms with Crippen molar-refractivity contribution in [2.75, 3.05) is 0 Å². The zero-order chi connectivity index (χ0) is 17.3. The van der Waals surface area contributed by atoms with E-state index in [1.54, 1.807) is 44.3 Å². The highest BCUT2D eigenvalue weighted by Crippen LogP contribution is 2.41. The number of aliphatic hydroxyl groups is 1. The maximum atomic E-state index is 12.3. The smallest absolute Gasteiger partial charge is 0.251 e. The Morgan fingerprint density at radius 1 is 1.33 bits per heavy atom. The molecule has 2 heterocycles. The number of rotatable bonds is 2. The summed E-state index contributed by atoms with van der Waals surface area (Å²) in [6.07, 6.45) is 3.83. The lowest BCUT2D eigenvalue weighted by atomic mass is 9.85. The quantitative estimate of drug-likeness (QED) is 0.862. The van der Waals surface area contributed by atoms with Gasteiger partial charge in [-0.3, -0.25) is 4.79 Å². The summed E-state index contributed by atoms with van der Waals surface area (Å²) in [7, 11) is 0. The highest BCUT2D eigenvalue weighted by Gasteiger charge is 2.44. The Morgan fingerprint density at radius 2 is 2.12 bits per heavy atom. The van der Waals surface area contributed by atoms with Gasteiger partial charge in [0.15, 0.2) is 0 Å². The molecule has 0 unspecified atom stereocenters. The molecule has 1 aliphatic heterocycles. The van der Waals surface area contributed by atoms with Gasteiger partial charge in [-0.25, -0.2) is 0 Å². The Kier molecular flexibility index (Phi) is 4.00. The molecule has 0 saturated carbocycles. The van der Waals surface area contributed by atoms with Gasteiger partial charge in [-0.05, 0) is 43.7 Å². The monoisotopic (exact) mass is 322 g/mol. The number of hydrogen-bond acceptors (Lipinski definition) is 4. The van der Waals surface area contributed by atoms with Gasteiger partial charge in [0.05, 0.1) is 12.1 Å². The predicted molar refractivity (Wildman–Crippen MR) is 90.6 cm³/mol. The van der Waals surface area contributed by atoms with Crippen LogP contribution in [0.15, 0.2) is 53.5 Å². The first-order chi connectivity index (χ1) is 11.4. The Morgan fingerprint density at radius 3 is 2.83 bits per heavy atom. The average Bonchev–Trinajstić information content (AvgIpc) is 2.55. The van der Waals surface area contributed by atoms with Crippen LogP contribution in [0, 0.1) is 11.3 Å². The molecule has 5 nitrogen and oxygen atoms in total. The first-order valence-corrected chi connectivity index (χ1v) is 7.68. The van der Waals surface area contributed by atoms with Gasteiger partial charge in [0.2, 0.25) is 0 Å². The van der Waals surface area contributed by atoms with Crippen LogP contribution in [-0.2, 0) is 0 Å². The molecule has 3 rings (SSSR count). The van der Waals surface area contributed by atoms with E-state index < -0.39 is 17.7 Å². The summed E-state index contributed by atoms with van der Waals surface area (Å²) in [4.78, 5) is 12.3. The van der Waals surface area contributed by atoms with Crippen LogP contribution >= 0.6 is 0 Å². The summed E-state index contributed by atoms with van der Waals surface area (Å²) < 4.78 is 7.45. The molecule has 2 atom stereocenters. The fourth-order valence-electron chi connectivity index (χ4n) is 2.99. The number of ether oxygens (including phenoxy) is 1. The van der Waals surface area contributed by atoms with Gasteiger partial charge >= 0.3 is 0 Å². The third kappa shape index (κ3) is 2.72. The summed E-state index contributed by atoms with van der Waals surface area (Å²) in [5, 5.41) is 19.5. The summed E-state index contributed by atoms with van der Waals surface area (Å²) in [5.74, 6) is 0.625. The predicted octanol–water partition coefficient (Wildman–Crippen LogP) is 2.51. The Bertz CT molecular complexity index is 890. The first kappa shape index (κ1) is 16.0. The van der Waals surface area contributed by atoms with Crippen LogP contribution in [0.25, 0.3) is 6.08 Å². The largest absolute Gasteiger partial charge is 0.485 e. The van der Waals surface area contributed by atoms with Crippen molar-refractivity contribution in [1.29, 1.82) is 5.26 Å². The zero-order valence-corrected chi connectivity index (χ0v) is 13.5. The molecular formula is C19H18N2O3. The van der Waals surface area contributed by atoms with E-state index in [2.05, 4.69) is 0 Å². The van der Waals surface area contributed by atoms with Crippen LogP contribution < -0.4 is 10.3 Å². The van der Waals surface area contributed by atoms with Gasteiger partial charge in [-0.15, -0.1) is 0 Å². The first-order valence-electron chi connectivity index (χ1n) is 7.68. The van der Waals surface area contributed by atoms with Crippen LogP contribution in [0.4, 0.5) is 0 Å². The number of benzene rings is 1. The van der Waals surface area contributed by atoms with Gasteiger partial charge in [0, 0.05) is 23.9 Å². The number of aromatic nitrogens is 1. The summed E-state index contributed by atoms with van der Waals surface area (Å²) in [5.41, 5.74) is 0.495. The van der Waals surface area contributed by atoms with Crippen molar-refractivity contribution in [3.05, 3.63) is 70.2 Å². The number of aliphatic hydroxyl groups excluding tert-OH is 1. The van der Waals surface area contributed by atoms with Crippen molar-refractivity contribution in [3.8, 4) is 11.8 Å². The minimum Gasteiger partial charge on any atom is -0.485 e. The number of allylic oxidation sites excluding steroid dienone is 1. The number of nitrogens with zero attached hydrogens (tertiary/aromatic N) is 2. The van der Waals surface area contributed by atoms with E-state index in [1.807, 2.05) is 18.2 Å². The lowest BCUT2D eigenvalue weighted by Crippen LogP contribution is -2.52. The summed E-state index contributed by atoms with van der Waals surface area (Å²) >= 11 is 0. The van der Waals surface area contributed by atoms with Gasteiger partial charge in [-0.1, -0.05) is 12.1 Å². The lowest BCUT2D eigenvalue weighted by molar-refractivity contribution is -0.0642. The molecule has 24 heavy (non-hydrogen) atoms. The molecular weight excluding hydrogens is 304 g/mol. The molecule has 0 radical (unpaired) electrons. The molecule has 0 fully saturated rings. The Hall–Kier alpha value is -2.84. The van der Waals surface area contributed by atoms with Gasteiger partial charge in [0.25, 0.3) is 5.56 Å². The van der Waals surface area contributed by atoms with Crippen molar-refractivity contribution in [2.24, 2.45) is 0 Å². The maximum absolute atomic E-state index is 12.3. The third-order valence-electron chi connectivity index (χ3n) is 4.24. The number of fused-ring (bicyclic) bond motifs is 1. The van der Waals surface area contributed by atoms with E-state index in [0.717, 1.165) is 11.1 Å². The van der Waals surface area contributed by atoms with Gasteiger partial charge in [-0.2, -0.15) is 5.26 Å². The topological polar surface area (TPSA) is 75.2 Å². The normalized spacial score (nSPS) is 21.8. The van der Waals surface area contributed by atoms with E-state index in [9.17, 15) is 9.90 Å². The molecule has 0 amide bonds. The minimum absolute atomic E-state index is 0.192. The molecule has 1 aliphatic rings. The molecule has 122 valence electrons. The number of pyridine rings is 1. The molecule has 0 saturated heterocycles. The molecule has 1 N–H and O–H groups in total. The SMILES string of the molecule is CC1(C)Oc2ccc(/C=C/C#N)cc2[C@@H](n2ccccc2=O)[C@@H]1O. The van der Waals surface area contributed by atoms with Crippen LogP contribution in [0.5, 0.6) is 5.75 Å². The van der Waals surface area contributed by atoms with Crippen molar-refractivity contribution in [1.82, 2.24) is 4.57 Å². The molecule has 0 spiro atoms. The fraction of sp³-hybridized carbons (Fsp3) is 0.263. The van der Waals surface area contributed by atoms with Crippen LogP contribution in [0.1, 0.15) is 31.0 Å². The molecule has 0 aliphatic carbocycles. The Labute approximate surface area is 140 Å². The van der Waals surface area contributed by atoms with Gasteiger partial charge < -0.3 is 14.4 Å². The van der Waals surface area contributed by atoms with Crippen LogP contribution in [0.2, 0.25) is 0 Å². The third-order valence-corrected chi connectivity index (χ3v) is 4.24. The van der Waals surface area contributed by atoms with E-state index in [-0.39, 0.29) is 5.56 Å². The Balaban J connectivity index is 2.21. The van der Waals surface area contributed by atoms with E-state index in [0.29, 0.717) is 5.75 Å². The highest BCUT2D eigenvalue weighted by molar-refractivity contribution is 5.56. The van der Waals surface area contributed by atoms with Crippen molar-refractivity contribution < 1.29 is 9.84 Å². The standard InChI is InChI=1S/C19H18N2O3/c1-19(2)18(23)17(21-11-4-3-7-16(21)22)14-12-13(6-5-10-20)8-9-15(14)24-19/h3-9,11-12,17-18,23H,1-2H3/b6-5+/t17-,18+/m1/s1. The molecule has 5 heteroatoms. The second kappa shape index (κ2) is 5.99. The van der Waals surface area contributed by atoms with Crippen LogP contribution in [-0.4, -0.2) is 21.4 Å². The molecule has 0 bridgehead atoms. The molecule has 2 aromatic rings. The van der Waals surface area contributed by atoms with Crippen LogP contribution in [0.3, 0.4) is 0 Å².